The van der Waals surface area contributed by atoms with Crippen LogP contribution in [-0.2, 0) is 4.79 Å². The van der Waals surface area contributed by atoms with Gasteiger partial charge in [-0.3, -0.25) is 9.69 Å². The number of nitriles is 1. The summed E-state index contributed by atoms with van der Waals surface area (Å²) in [7, 11) is 5.37. The van der Waals surface area contributed by atoms with Crippen molar-refractivity contribution in [1.82, 2.24) is 10.2 Å². The normalized spacial score (nSPS) is 12.0. The van der Waals surface area contributed by atoms with Gasteiger partial charge >= 0.3 is 0 Å². The first-order valence-electron chi connectivity index (χ1n) is 8.38. The summed E-state index contributed by atoms with van der Waals surface area (Å²) in [6, 6.07) is 10.8. The third-order valence-corrected chi connectivity index (χ3v) is 3.87. The fourth-order valence-electron chi connectivity index (χ4n) is 2.46. The van der Waals surface area contributed by atoms with Crippen molar-refractivity contribution in [2.24, 2.45) is 0 Å². The van der Waals surface area contributed by atoms with E-state index in [-0.39, 0.29) is 18.6 Å². The number of benzene rings is 1. The van der Waals surface area contributed by atoms with Crippen LogP contribution in [0.2, 0.25) is 0 Å². The zero-order valence-electron chi connectivity index (χ0n) is 15.6. The summed E-state index contributed by atoms with van der Waals surface area (Å²) in [4.78, 5) is 14.1. The number of rotatable bonds is 9. The lowest BCUT2D eigenvalue weighted by atomic mass is 10.2. The number of likely N-dealkylation sites (N-methyl/N-ethyl adjacent to an activating group) is 1. The summed E-state index contributed by atoms with van der Waals surface area (Å²) < 4.78 is 16.0. The summed E-state index contributed by atoms with van der Waals surface area (Å²) >= 11 is 0. The molecule has 27 heavy (non-hydrogen) atoms. The van der Waals surface area contributed by atoms with E-state index < -0.39 is 0 Å². The van der Waals surface area contributed by atoms with Crippen molar-refractivity contribution in [1.29, 1.82) is 5.26 Å². The summed E-state index contributed by atoms with van der Waals surface area (Å²) in [6.07, 6.45) is 4.76. The molecule has 0 aliphatic heterocycles. The molecule has 1 unspecified atom stereocenters. The third kappa shape index (κ3) is 5.90. The van der Waals surface area contributed by atoms with Crippen LogP contribution in [0.1, 0.15) is 17.4 Å². The minimum Gasteiger partial charge on any atom is -0.493 e. The third-order valence-electron chi connectivity index (χ3n) is 3.87. The van der Waals surface area contributed by atoms with Crippen LogP contribution in [0.4, 0.5) is 0 Å². The van der Waals surface area contributed by atoms with E-state index in [0.29, 0.717) is 18.0 Å². The predicted octanol–water partition coefficient (Wildman–Crippen LogP) is 2.62. The highest BCUT2D eigenvalue weighted by Crippen LogP contribution is 2.28. The van der Waals surface area contributed by atoms with Crippen LogP contribution in [0.15, 0.2) is 47.1 Å². The Bertz CT molecular complexity index is 807. The number of carbonyl (C=O) groups excluding carboxylic acids is 1. The fourth-order valence-corrected chi connectivity index (χ4v) is 2.46. The van der Waals surface area contributed by atoms with Crippen molar-refractivity contribution in [2.45, 2.75) is 6.04 Å². The van der Waals surface area contributed by atoms with Crippen LogP contribution in [0.5, 0.6) is 11.5 Å². The van der Waals surface area contributed by atoms with Crippen molar-refractivity contribution in [3.05, 3.63) is 54.0 Å². The lowest BCUT2D eigenvalue weighted by Crippen LogP contribution is -2.33. The average Bonchev–Trinajstić information content (AvgIpc) is 3.19. The molecule has 0 saturated carbocycles. The Morgan fingerprint density at radius 2 is 2.19 bits per heavy atom. The molecule has 7 heteroatoms. The molecule has 1 amide bonds. The highest BCUT2D eigenvalue weighted by molar-refractivity contribution is 5.91. The molecule has 0 saturated heterocycles. The molecule has 1 aromatic carbocycles. The first-order chi connectivity index (χ1) is 13.0. The summed E-state index contributed by atoms with van der Waals surface area (Å²) in [5, 5.41) is 11.5. The maximum Gasteiger partial charge on any atom is 0.244 e. The van der Waals surface area contributed by atoms with E-state index >= 15 is 0 Å². The molecule has 7 nitrogen and oxygen atoms in total. The van der Waals surface area contributed by atoms with E-state index in [1.807, 2.05) is 37.2 Å². The number of methoxy groups -OCH3 is 1. The van der Waals surface area contributed by atoms with E-state index in [9.17, 15) is 4.79 Å². The van der Waals surface area contributed by atoms with Gasteiger partial charge in [-0.15, -0.1) is 0 Å². The van der Waals surface area contributed by atoms with Gasteiger partial charge in [0.2, 0.25) is 5.91 Å². The number of hydrogen-bond acceptors (Lipinski definition) is 6. The zero-order valence-corrected chi connectivity index (χ0v) is 15.6. The molecule has 0 radical (unpaired) electrons. The Balaban J connectivity index is 1.96. The van der Waals surface area contributed by atoms with Crippen LogP contribution in [0, 0.1) is 11.3 Å². The number of carbonyl (C=O) groups is 1. The Hall–Kier alpha value is -3.24. The highest BCUT2D eigenvalue weighted by atomic mass is 16.5. The van der Waals surface area contributed by atoms with Crippen LogP contribution in [0.25, 0.3) is 6.08 Å². The van der Waals surface area contributed by atoms with E-state index in [4.69, 9.17) is 19.2 Å². The Kier molecular flexibility index (Phi) is 7.47. The van der Waals surface area contributed by atoms with Gasteiger partial charge in [0.25, 0.3) is 0 Å². The van der Waals surface area contributed by atoms with E-state index in [1.165, 1.54) is 13.2 Å². The van der Waals surface area contributed by atoms with Crippen molar-refractivity contribution < 1.29 is 18.7 Å². The second kappa shape index (κ2) is 10.0. The lowest BCUT2D eigenvalue weighted by molar-refractivity contribution is -0.116. The van der Waals surface area contributed by atoms with Crippen LogP contribution < -0.4 is 14.8 Å². The van der Waals surface area contributed by atoms with Crippen LogP contribution in [0.3, 0.4) is 0 Å². The maximum absolute atomic E-state index is 12.1. The number of amides is 1. The maximum atomic E-state index is 12.1. The van der Waals surface area contributed by atoms with Gasteiger partial charge in [-0.25, -0.2) is 0 Å². The average molecular weight is 369 g/mol. The molecular formula is C20H23N3O4. The largest absolute Gasteiger partial charge is 0.493 e. The quantitative estimate of drug-likeness (QED) is 0.684. The molecule has 2 rings (SSSR count). The summed E-state index contributed by atoms with van der Waals surface area (Å²) in [6.45, 7) is 0.366. The Morgan fingerprint density at radius 1 is 1.37 bits per heavy atom. The lowest BCUT2D eigenvalue weighted by Gasteiger charge is -2.22. The number of ether oxygens (including phenoxy) is 2. The first-order valence-corrected chi connectivity index (χ1v) is 8.38. The fraction of sp³-hybridized carbons (Fsp3) is 0.300. The monoisotopic (exact) mass is 369 g/mol. The molecule has 0 spiro atoms. The van der Waals surface area contributed by atoms with E-state index in [1.54, 1.807) is 30.5 Å². The van der Waals surface area contributed by atoms with Gasteiger partial charge < -0.3 is 19.2 Å². The van der Waals surface area contributed by atoms with Gasteiger partial charge in [0.05, 0.1) is 19.4 Å². The molecule has 142 valence electrons. The molecule has 1 heterocycles. The van der Waals surface area contributed by atoms with Crippen molar-refractivity contribution >= 4 is 12.0 Å². The van der Waals surface area contributed by atoms with Crippen molar-refractivity contribution in [3.8, 4) is 17.6 Å². The summed E-state index contributed by atoms with van der Waals surface area (Å²) in [5.74, 6) is 1.56. The Labute approximate surface area is 158 Å². The minimum atomic E-state index is -0.211. The highest BCUT2D eigenvalue weighted by Gasteiger charge is 2.17. The smallest absolute Gasteiger partial charge is 0.244 e. The van der Waals surface area contributed by atoms with Gasteiger partial charge in [0, 0.05) is 12.6 Å². The molecule has 0 bridgehead atoms. The summed E-state index contributed by atoms with van der Waals surface area (Å²) in [5.41, 5.74) is 0.779. The predicted molar refractivity (Wildman–Crippen MR) is 101 cm³/mol. The second-order valence-corrected chi connectivity index (χ2v) is 5.93. The topological polar surface area (TPSA) is 87.7 Å². The van der Waals surface area contributed by atoms with Crippen LogP contribution >= 0.6 is 0 Å². The minimum absolute atomic E-state index is 0.0472. The Morgan fingerprint density at radius 3 is 2.81 bits per heavy atom. The number of nitrogens with one attached hydrogen (secondary N) is 1. The molecule has 0 aliphatic carbocycles. The first kappa shape index (κ1) is 20.1. The van der Waals surface area contributed by atoms with Crippen LogP contribution in [-0.4, -0.2) is 45.2 Å². The standard InChI is InChI=1S/C20H23N3O4/c1-23(2)16(17-5-4-11-26-17)14-22-20(24)9-7-15-6-8-18(27-12-10-21)19(13-15)25-3/h4-9,11,13,16H,12,14H2,1-3H3,(H,22,24). The number of nitrogens with zero attached hydrogens (tertiary/aromatic N) is 2. The molecular weight excluding hydrogens is 346 g/mol. The van der Waals surface area contributed by atoms with Gasteiger partial charge in [-0.05, 0) is 50.0 Å². The van der Waals surface area contributed by atoms with Gasteiger partial charge in [-0.1, -0.05) is 6.07 Å². The van der Waals surface area contributed by atoms with E-state index in [0.717, 1.165) is 11.3 Å². The molecule has 1 N–H and O–H groups in total. The molecule has 1 atom stereocenters. The van der Waals surface area contributed by atoms with Crippen molar-refractivity contribution in [3.63, 3.8) is 0 Å². The zero-order chi connectivity index (χ0) is 19.6. The second-order valence-electron chi connectivity index (χ2n) is 5.93. The molecule has 0 aliphatic rings. The molecule has 0 fully saturated rings. The van der Waals surface area contributed by atoms with Gasteiger partial charge in [0.1, 0.15) is 11.8 Å². The SMILES string of the molecule is COc1cc(C=CC(=O)NCC(c2ccco2)N(C)C)ccc1OCC#N. The molecule has 1 aromatic heterocycles. The van der Waals surface area contributed by atoms with Gasteiger partial charge in [-0.2, -0.15) is 5.26 Å². The van der Waals surface area contributed by atoms with Crippen molar-refractivity contribution in [2.75, 3.05) is 34.4 Å². The number of hydrogen-bond donors (Lipinski definition) is 1. The van der Waals surface area contributed by atoms with E-state index in [2.05, 4.69) is 5.32 Å². The molecule has 2 aromatic rings. The number of furan rings is 1. The van der Waals surface area contributed by atoms with Gasteiger partial charge in [0.15, 0.2) is 18.1 Å².